The minimum absolute atomic E-state index is 0.0411. The number of hydrogen-bond donors (Lipinski definition) is 0. The Hall–Kier alpha value is -3.10. The number of nitro groups is 2. The van der Waals surface area contributed by atoms with Crippen molar-refractivity contribution in [1.82, 2.24) is 4.57 Å². The quantitative estimate of drug-likeness (QED) is 0.469. The highest BCUT2D eigenvalue weighted by atomic mass is 16.6. The van der Waals surface area contributed by atoms with Gasteiger partial charge in [0.2, 0.25) is 0 Å². The smallest absolute Gasteiger partial charge is 0.300 e. The van der Waals surface area contributed by atoms with Crippen molar-refractivity contribution in [2.45, 2.75) is 19.8 Å². The molecule has 0 N–H and O–H groups in total. The van der Waals surface area contributed by atoms with E-state index in [2.05, 4.69) is 0 Å². The Morgan fingerprint density at radius 1 is 1.12 bits per heavy atom. The van der Waals surface area contributed by atoms with Gasteiger partial charge in [0, 0.05) is 30.5 Å². The second-order valence-corrected chi connectivity index (χ2v) is 5.78. The zero-order valence-corrected chi connectivity index (χ0v) is 13.3. The van der Waals surface area contributed by atoms with Crippen LogP contribution in [0.1, 0.15) is 25.3 Å². The maximum absolute atomic E-state index is 12.2. The van der Waals surface area contributed by atoms with E-state index in [1.165, 1.54) is 13.1 Å². The molecule has 24 heavy (non-hydrogen) atoms. The fraction of sp³-hybridized carbons (Fsp3) is 0.333. The standard InChI is InChI=1S/C15H15N3O6/c1-8(2)12(7-19)10-6-14(20)16(3)15-11(10)4-9(17(21)22)5-13(15)18(23)24/h4-8,12H,1-3H3/t12-/m1/s1. The number of pyridine rings is 1. The monoisotopic (exact) mass is 333 g/mol. The van der Waals surface area contributed by atoms with Crippen molar-refractivity contribution in [2.24, 2.45) is 13.0 Å². The summed E-state index contributed by atoms with van der Waals surface area (Å²) in [6, 6.07) is 3.18. The van der Waals surface area contributed by atoms with Gasteiger partial charge in [0.25, 0.3) is 16.9 Å². The zero-order valence-electron chi connectivity index (χ0n) is 13.3. The minimum atomic E-state index is -0.774. The number of aromatic nitrogens is 1. The Labute approximate surface area is 135 Å². The Morgan fingerprint density at radius 3 is 2.21 bits per heavy atom. The molecular weight excluding hydrogens is 318 g/mol. The number of nitrogens with zero attached hydrogens (tertiary/aromatic N) is 3. The largest absolute Gasteiger partial charge is 0.305 e. The van der Waals surface area contributed by atoms with Gasteiger partial charge in [0.05, 0.1) is 15.9 Å². The Kier molecular flexibility index (Phi) is 4.45. The van der Waals surface area contributed by atoms with Gasteiger partial charge in [-0.05, 0) is 11.5 Å². The molecule has 126 valence electrons. The van der Waals surface area contributed by atoms with Crippen LogP contribution in [0.25, 0.3) is 10.9 Å². The molecule has 0 unspecified atom stereocenters. The lowest BCUT2D eigenvalue weighted by Crippen LogP contribution is -2.21. The SMILES string of the molecule is CC(C)[C@@H](C=O)c1cc(=O)n(C)c2c([N+](=O)[O-])cc([N+](=O)[O-])cc12. The van der Waals surface area contributed by atoms with E-state index >= 15 is 0 Å². The lowest BCUT2D eigenvalue weighted by molar-refractivity contribution is -0.393. The first-order valence-corrected chi connectivity index (χ1v) is 7.10. The van der Waals surface area contributed by atoms with E-state index < -0.39 is 32.7 Å². The van der Waals surface area contributed by atoms with Crippen LogP contribution >= 0.6 is 0 Å². The molecule has 0 aliphatic heterocycles. The molecule has 0 aliphatic rings. The summed E-state index contributed by atoms with van der Waals surface area (Å²) in [6.07, 6.45) is 0.642. The van der Waals surface area contributed by atoms with Gasteiger partial charge >= 0.3 is 0 Å². The molecule has 1 aromatic heterocycles. The van der Waals surface area contributed by atoms with Gasteiger partial charge in [-0.1, -0.05) is 13.8 Å². The third kappa shape index (κ3) is 2.75. The molecule has 0 bridgehead atoms. The fourth-order valence-electron chi connectivity index (χ4n) is 2.70. The molecule has 1 atom stereocenters. The minimum Gasteiger partial charge on any atom is -0.305 e. The summed E-state index contributed by atoms with van der Waals surface area (Å²) in [7, 11) is 1.35. The molecule has 0 fully saturated rings. The highest BCUT2D eigenvalue weighted by molar-refractivity contribution is 5.94. The molecule has 0 saturated heterocycles. The number of rotatable bonds is 5. The summed E-state index contributed by atoms with van der Waals surface area (Å²) in [6.45, 7) is 3.52. The van der Waals surface area contributed by atoms with Crippen molar-refractivity contribution < 1.29 is 14.6 Å². The van der Waals surface area contributed by atoms with E-state index in [4.69, 9.17) is 0 Å². The highest BCUT2D eigenvalue weighted by Gasteiger charge is 2.27. The summed E-state index contributed by atoms with van der Waals surface area (Å²) >= 11 is 0. The van der Waals surface area contributed by atoms with Gasteiger partial charge in [-0.2, -0.15) is 0 Å². The second-order valence-electron chi connectivity index (χ2n) is 5.78. The van der Waals surface area contributed by atoms with E-state index in [9.17, 15) is 29.8 Å². The average Bonchev–Trinajstić information content (AvgIpc) is 2.50. The number of non-ortho nitro benzene ring substituents is 2. The van der Waals surface area contributed by atoms with Crippen LogP contribution in [0, 0.1) is 26.1 Å². The first-order valence-electron chi connectivity index (χ1n) is 7.10. The number of fused-ring (bicyclic) bond motifs is 1. The van der Waals surface area contributed by atoms with Gasteiger partial charge in [-0.25, -0.2) is 0 Å². The molecule has 9 nitrogen and oxygen atoms in total. The third-order valence-corrected chi connectivity index (χ3v) is 3.96. The van der Waals surface area contributed by atoms with Crippen LogP contribution in [0.4, 0.5) is 11.4 Å². The van der Waals surface area contributed by atoms with E-state index in [0.29, 0.717) is 6.29 Å². The lowest BCUT2D eigenvalue weighted by Gasteiger charge is -2.18. The Morgan fingerprint density at radius 2 is 1.75 bits per heavy atom. The number of aryl methyl sites for hydroxylation is 1. The van der Waals surface area contributed by atoms with Crippen molar-refractivity contribution in [3.8, 4) is 0 Å². The Bertz CT molecular complexity index is 916. The van der Waals surface area contributed by atoms with Crippen LogP contribution < -0.4 is 5.56 Å². The number of nitro benzene ring substituents is 2. The normalized spacial score (nSPS) is 12.3. The third-order valence-electron chi connectivity index (χ3n) is 3.96. The maximum Gasteiger partial charge on any atom is 0.300 e. The van der Waals surface area contributed by atoms with Crippen molar-refractivity contribution in [3.05, 3.63) is 54.3 Å². The number of carbonyl (C=O) groups excluding carboxylic acids is 1. The first-order chi connectivity index (χ1) is 11.2. The first kappa shape index (κ1) is 17.3. The molecule has 0 aliphatic carbocycles. The van der Waals surface area contributed by atoms with Crippen LogP contribution in [-0.2, 0) is 11.8 Å². The van der Waals surface area contributed by atoms with Crippen molar-refractivity contribution >= 4 is 28.6 Å². The number of aldehydes is 1. The second kappa shape index (κ2) is 6.19. The molecule has 0 radical (unpaired) electrons. The van der Waals surface area contributed by atoms with E-state index in [1.54, 1.807) is 13.8 Å². The van der Waals surface area contributed by atoms with Crippen molar-refractivity contribution in [1.29, 1.82) is 0 Å². The molecule has 9 heteroatoms. The molecule has 0 amide bonds. The van der Waals surface area contributed by atoms with Gasteiger partial charge in [-0.3, -0.25) is 25.0 Å². The zero-order chi connectivity index (χ0) is 18.2. The topological polar surface area (TPSA) is 125 Å². The van der Waals surface area contributed by atoms with Crippen LogP contribution in [0.2, 0.25) is 0 Å². The molecule has 0 spiro atoms. The molecular formula is C15H15N3O6. The molecule has 1 aromatic carbocycles. The number of benzene rings is 1. The molecule has 2 aromatic rings. The Balaban J connectivity index is 3.08. The van der Waals surface area contributed by atoms with Crippen LogP contribution in [0.3, 0.4) is 0 Å². The average molecular weight is 333 g/mol. The number of hydrogen-bond acceptors (Lipinski definition) is 6. The van der Waals surface area contributed by atoms with Crippen LogP contribution in [0.5, 0.6) is 0 Å². The van der Waals surface area contributed by atoms with E-state index in [-0.39, 0.29) is 22.4 Å². The molecule has 0 saturated carbocycles. The van der Waals surface area contributed by atoms with E-state index in [0.717, 1.165) is 16.7 Å². The number of carbonyl (C=O) groups is 1. The maximum atomic E-state index is 12.2. The van der Waals surface area contributed by atoms with Crippen LogP contribution in [-0.4, -0.2) is 20.7 Å². The summed E-state index contributed by atoms with van der Waals surface area (Å²) in [5.41, 5.74) is -1.33. The predicted octanol–water partition coefficient (Wildman–Crippen LogP) is 2.29. The van der Waals surface area contributed by atoms with E-state index in [1.807, 2.05) is 0 Å². The van der Waals surface area contributed by atoms with Crippen molar-refractivity contribution in [3.63, 3.8) is 0 Å². The van der Waals surface area contributed by atoms with Gasteiger partial charge in [0.15, 0.2) is 0 Å². The predicted molar refractivity (Wildman–Crippen MR) is 86.1 cm³/mol. The molecule has 2 rings (SSSR count). The summed E-state index contributed by atoms with van der Waals surface area (Å²) in [5, 5.41) is 22.6. The summed E-state index contributed by atoms with van der Waals surface area (Å²) in [4.78, 5) is 44.5. The summed E-state index contributed by atoms with van der Waals surface area (Å²) in [5.74, 6) is -0.890. The summed E-state index contributed by atoms with van der Waals surface area (Å²) < 4.78 is 1.06. The van der Waals surface area contributed by atoms with Gasteiger partial charge in [-0.15, -0.1) is 0 Å². The van der Waals surface area contributed by atoms with Crippen LogP contribution in [0.15, 0.2) is 23.0 Å². The highest BCUT2D eigenvalue weighted by Crippen LogP contribution is 2.35. The lowest BCUT2D eigenvalue weighted by atomic mass is 9.87. The molecule has 1 heterocycles. The van der Waals surface area contributed by atoms with Crippen molar-refractivity contribution in [2.75, 3.05) is 0 Å². The van der Waals surface area contributed by atoms with Gasteiger partial charge < -0.3 is 9.36 Å². The van der Waals surface area contributed by atoms with Gasteiger partial charge in [0.1, 0.15) is 11.8 Å². The fourth-order valence-corrected chi connectivity index (χ4v) is 2.70.